The van der Waals surface area contributed by atoms with Crippen molar-refractivity contribution in [2.24, 2.45) is 23.7 Å². The molecule has 4 aliphatic heterocycles. The van der Waals surface area contributed by atoms with Crippen molar-refractivity contribution in [2.45, 2.75) is 115 Å². The summed E-state index contributed by atoms with van der Waals surface area (Å²) >= 11 is 12.3. The number of carbonyl (C=O) groups excluding carboxylic acids is 2. The number of rotatable bonds is 4. The average molecular weight is 758 g/mol. The van der Waals surface area contributed by atoms with Crippen molar-refractivity contribution in [2.75, 3.05) is 6.61 Å². The average Bonchev–Trinajstić information content (AvgIpc) is 3.43. The van der Waals surface area contributed by atoms with Crippen LogP contribution in [0.1, 0.15) is 77.6 Å². The van der Waals surface area contributed by atoms with Crippen molar-refractivity contribution < 1.29 is 43.5 Å². The van der Waals surface area contributed by atoms with Crippen LogP contribution in [0.5, 0.6) is 0 Å². The van der Waals surface area contributed by atoms with E-state index in [0.717, 1.165) is 12.0 Å². The summed E-state index contributed by atoms with van der Waals surface area (Å²) in [7, 11) is 0. The number of aliphatic hydroxyl groups excluding tert-OH is 1. The van der Waals surface area contributed by atoms with Crippen molar-refractivity contribution >= 4 is 35.1 Å². The lowest BCUT2D eigenvalue weighted by molar-refractivity contribution is -0.300. The largest absolute Gasteiger partial charge is 0.462 e. The number of ether oxygens (including phenoxy) is 5. The van der Waals surface area contributed by atoms with Gasteiger partial charge in [0, 0.05) is 34.7 Å². The Morgan fingerprint density at radius 2 is 1.79 bits per heavy atom. The zero-order valence-electron chi connectivity index (χ0n) is 30.6. The quantitative estimate of drug-likeness (QED) is 0.238. The van der Waals surface area contributed by atoms with E-state index in [1.54, 1.807) is 25.2 Å². The Bertz CT molecular complexity index is 1680. The molecule has 2 fully saturated rings. The molecular formula is C41H50Cl2O9. The molecule has 2 N–H and O–H groups in total. The topological polar surface area (TPSA) is 121 Å². The van der Waals surface area contributed by atoms with Gasteiger partial charge >= 0.3 is 11.9 Å². The number of carbonyl (C=O) groups is 2. The van der Waals surface area contributed by atoms with E-state index in [2.05, 4.69) is 26.8 Å². The van der Waals surface area contributed by atoms with Crippen LogP contribution in [0.25, 0.3) is 0 Å². The maximum atomic E-state index is 14.4. The van der Waals surface area contributed by atoms with Crippen LogP contribution in [0.3, 0.4) is 0 Å². The maximum absolute atomic E-state index is 14.4. The zero-order chi connectivity index (χ0) is 37.5. The van der Waals surface area contributed by atoms with Gasteiger partial charge in [-0.3, -0.25) is 4.79 Å². The van der Waals surface area contributed by atoms with Gasteiger partial charge in [0.1, 0.15) is 23.7 Å². The molecule has 0 amide bonds. The van der Waals surface area contributed by atoms with E-state index >= 15 is 0 Å². The minimum atomic E-state index is -1.92. The second kappa shape index (κ2) is 15.5. The third-order valence-corrected chi connectivity index (χ3v) is 11.8. The monoisotopic (exact) mass is 756 g/mol. The van der Waals surface area contributed by atoms with E-state index in [4.69, 9.17) is 46.9 Å². The van der Waals surface area contributed by atoms with Gasteiger partial charge in [-0.25, -0.2) is 4.79 Å². The number of esters is 2. The molecule has 0 radical (unpaired) electrons. The fourth-order valence-corrected chi connectivity index (χ4v) is 8.67. The third kappa shape index (κ3) is 7.74. The highest BCUT2D eigenvalue weighted by Crippen LogP contribution is 2.48. The molecule has 2 saturated heterocycles. The van der Waals surface area contributed by atoms with Crippen LogP contribution in [-0.4, -0.2) is 76.8 Å². The Labute approximate surface area is 316 Å². The number of halogens is 2. The summed E-state index contributed by atoms with van der Waals surface area (Å²) in [6.07, 6.45) is 11.0. The second-order valence-corrected chi connectivity index (χ2v) is 16.1. The van der Waals surface area contributed by atoms with Crippen LogP contribution in [0.2, 0.25) is 10.0 Å². The van der Waals surface area contributed by atoms with Gasteiger partial charge in [-0.1, -0.05) is 93.8 Å². The smallest absolute Gasteiger partial charge is 0.338 e. The number of allylic oxidation sites excluding steroid dienone is 2. The highest BCUT2D eigenvalue weighted by atomic mass is 35.5. The van der Waals surface area contributed by atoms with E-state index in [-0.39, 0.29) is 58.6 Å². The Morgan fingerprint density at radius 3 is 2.50 bits per heavy atom. The van der Waals surface area contributed by atoms with Crippen LogP contribution in [0.4, 0.5) is 0 Å². The second-order valence-electron chi connectivity index (χ2n) is 15.2. The van der Waals surface area contributed by atoms with Crippen molar-refractivity contribution in [3.8, 4) is 0 Å². The van der Waals surface area contributed by atoms with Crippen molar-refractivity contribution in [3.63, 3.8) is 0 Å². The van der Waals surface area contributed by atoms with E-state index < -0.39 is 53.7 Å². The number of aliphatic hydroxyl groups is 2. The Kier molecular flexibility index (Phi) is 11.6. The fourth-order valence-electron chi connectivity index (χ4n) is 8.15. The van der Waals surface area contributed by atoms with Crippen molar-refractivity contribution in [3.05, 3.63) is 93.1 Å². The molecule has 6 rings (SSSR count). The molecule has 0 unspecified atom stereocenters. The molecule has 282 valence electrons. The van der Waals surface area contributed by atoms with Crippen LogP contribution >= 0.6 is 23.2 Å². The lowest BCUT2D eigenvalue weighted by Gasteiger charge is -2.48. The Morgan fingerprint density at radius 1 is 1.06 bits per heavy atom. The fraction of sp³-hybridized carbons (Fsp3) is 0.561. The summed E-state index contributed by atoms with van der Waals surface area (Å²) in [6, 6.07) is 4.40. The van der Waals surface area contributed by atoms with Gasteiger partial charge in [0.15, 0.2) is 11.9 Å². The molecule has 9 nitrogen and oxygen atoms in total. The predicted molar refractivity (Wildman–Crippen MR) is 198 cm³/mol. The Balaban J connectivity index is 1.38. The highest BCUT2D eigenvalue weighted by Gasteiger charge is 2.61. The first-order chi connectivity index (χ1) is 24.6. The van der Waals surface area contributed by atoms with Gasteiger partial charge < -0.3 is 33.9 Å². The molecule has 1 spiro atoms. The van der Waals surface area contributed by atoms with Crippen molar-refractivity contribution in [1.82, 2.24) is 0 Å². The lowest BCUT2D eigenvalue weighted by Crippen LogP contribution is -2.59. The van der Waals surface area contributed by atoms with Gasteiger partial charge in [0.05, 0.1) is 30.5 Å². The van der Waals surface area contributed by atoms with Crippen LogP contribution in [0.15, 0.2) is 77.5 Å². The van der Waals surface area contributed by atoms with E-state index in [1.807, 2.05) is 32.1 Å². The summed E-state index contributed by atoms with van der Waals surface area (Å²) in [6.45, 7) is 11.9. The summed E-state index contributed by atoms with van der Waals surface area (Å²) in [4.78, 5) is 27.8. The summed E-state index contributed by atoms with van der Waals surface area (Å²) in [5.74, 6) is -3.46. The first-order valence-electron chi connectivity index (χ1n) is 18.3. The molecule has 5 aliphatic rings. The number of benzene rings is 1. The van der Waals surface area contributed by atoms with Crippen LogP contribution < -0.4 is 0 Å². The first-order valence-corrected chi connectivity index (χ1v) is 19.1. The van der Waals surface area contributed by atoms with Gasteiger partial charge in [-0.05, 0) is 67.2 Å². The van der Waals surface area contributed by atoms with Crippen molar-refractivity contribution in [1.29, 1.82) is 0 Å². The molecule has 0 aromatic heterocycles. The molecule has 11 heteroatoms. The first kappa shape index (κ1) is 38.9. The predicted octanol–water partition coefficient (Wildman–Crippen LogP) is 7.48. The summed E-state index contributed by atoms with van der Waals surface area (Å²) in [5.41, 5.74) is -0.0593. The molecule has 52 heavy (non-hydrogen) atoms. The molecule has 0 saturated carbocycles. The summed E-state index contributed by atoms with van der Waals surface area (Å²) in [5, 5.41) is 24.4. The third-order valence-electron chi connectivity index (χ3n) is 11.4. The van der Waals surface area contributed by atoms with E-state index in [9.17, 15) is 19.8 Å². The normalized spacial score (nSPS) is 41.1. The number of hydrogen-bond acceptors (Lipinski definition) is 9. The molecule has 1 aromatic carbocycles. The van der Waals surface area contributed by atoms with Gasteiger partial charge in [0.25, 0.3) is 0 Å². The Hall–Kier alpha value is -2.76. The minimum Gasteiger partial charge on any atom is -0.462 e. The van der Waals surface area contributed by atoms with E-state index in [0.29, 0.717) is 24.0 Å². The van der Waals surface area contributed by atoms with Gasteiger partial charge in [-0.2, -0.15) is 0 Å². The van der Waals surface area contributed by atoms with Crippen LogP contribution in [-0.2, 0) is 28.5 Å². The molecular weight excluding hydrogens is 707 g/mol. The SMILES string of the molecule is CC[C@H](C)[C@H]1O[C@]2(C=C[C@@H]1C)C[C@@H]1C[C@@H](C/C=C(\C)[C@@H](O)[C@@H](C)/C=C/C=C3\CO[C@@H]4[C@H](OC(=O)c5cc(Cl)cc(Cl)c5)C(C)=C[C@@H](C(=O)O1)[C@]34O)O2. The molecule has 4 heterocycles. The van der Waals surface area contributed by atoms with Gasteiger partial charge in [-0.15, -0.1) is 0 Å². The highest BCUT2D eigenvalue weighted by molar-refractivity contribution is 6.35. The van der Waals surface area contributed by atoms with E-state index in [1.165, 1.54) is 18.2 Å². The molecule has 12 atom stereocenters. The minimum absolute atomic E-state index is 0.0282. The van der Waals surface area contributed by atoms with Gasteiger partial charge in [0.2, 0.25) is 0 Å². The zero-order valence-corrected chi connectivity index (χ0v) is 32.1. The molecule has 2 bridgehead atoms. The lowest BCUT2D eigenvalue weighted by atomic mass is 9.70. The molecule has 1 aliphatic carbocycles. The number of fused-ring (bicyclic) bond motifs is 2. The molecule has 1 aromatic rings. The van der Waals surface area contributed by atoms with Crippen LogP contribution in [0, 0.1) is 23.7 Å². The standard InChI is InChI=1S/C41H50Cl2O9/c1-7-22(2)35-25(5)13-14-40(52-35)20-32-19-31(51-40)12-11-24(4)34(44)23(3)9-8-10-28-21-48-37-36(26(6)15-33(39(46)49-32)41(28,37)47)50-38(45)27-16-29(42)18-30(43)17-27/h8-11,13-18,22-23,25,31-37,44,47H,7,12,19-21H2,1-6H3/b9-8+,24-11+,28-10+/t22-,23-,25-,31+,32-,33-,34-,35+,36+,37+,40+,41+/m0/s1. The maximum Gasteiger partial charge on any atom is 0.338 e. The summed E-state index contributed by atoms with van der Waals surface area (Å²) < 4.78 is 32.0. The number of hydrogen-bond donors (Lipinski definition) is 2.